The molecule has 0 aliphatic carbocycles. The molecule has 1 aromatic rings. The Kier molecular flexibility index (Phi) is 9.11. The summed E-state index contributed by atoms with van der Waals surface area (Å²) in [4.78, 5) is 46.4. The second-order valence-electron chi connectivity index (χ2n) is 7.64. The Balaban J connectivity index is 2.78. The summed E-state index contributed by atoms with van der Waals surface area (Å²) in [5, 5.41) is 13.9. The number of hydrogen-bond acceptors (Lipinski definition) is 5. The Morgan fingerprint density at radius 2 is 1.86 bits per heavy atom. The fourth-order valence-corrected chi connectivity index (χ4v) is 2.48. The van der Waals surface area contributed by atoms with Gasteiger partial charge < -0.3 is 26.2 Å². The number of aryl methyl sites for hydroxylation is 1. The van der Waals surface area contributed by atoms with Gasteiger partial charge in [-0.1, -0.05) is 12.1 Å². The summed E-state index contributed by atoms with van der Waals surface area (Å²) in [6.45, 7) is 5.09. The maximum atomic E-state index is 12.6. The zero-order valence-corrected chi connectivity index (χ0v) is 17.0. The van der Waals surface area contributed by atoms with E-state index in [1.165, 1.54) is 0 Å². The van der Waals surface area contributed by atoms with E-state index in [-0.39, 0.29) is 19.3 Å². The van der Waals surface area contributed by atoms with E-state index in [2.05, 4.69) is 10.6 Å². The summed E-state index contributed by atoms with van der Waals surface area (Å²) in [7, 11) is 0. The summed E-state index contributed by atoms with van der Waals surface area (Å²) >= 11 is 0. The van der Waals surface area contributed by atoms with Gasteiger partial charge in [-0.25, -0.2) is 4.79 Å². The van der Waals surface area contributed by atoms with Gasteiger partial charge in [0.1, 0.15) is 11.6 Å². The van der Waals surface area contributed by atoms with Crippen molar-refractivity contribution in [3.8, 4) is 0 Å². The molecule has 9 heteroatoms. The number of alkyl carbamates (subject to hydrolysis) is 1. The smallest absolute Gasteiger partial charge is 0.408 e. The van der Waals surface area contributed by atoms with Gasteiger partial charge in [-0.15, -0.1) is 0 Å². The van der Waals surface area contributed by atoms with E-state index in [1.807, 2.05) is 6.07 Å². The molecule has 1 rings (SSSR count). The van der Waals surface area contributed by atoms with E-state index in [0.29, 0.717) is 18.5 Å². The number of nitrogens with two attached hydrogens (primary N) is 1. The first kappa shape index (κ1) is 23.9. The van der Waals surface area contributed by atoms with Gasteiger partial charge in [0.05, 0.1) is 0 Å². The first-order valence-electron chi connectivity index (χ1n) is 9.35. The van der Waals surface area contributed by atoms with Crippen LogP contribution in [0.4, 0.5) is 10.5 Å². The van der Waals surface area contributed by atoms with Crippen molar-refractivity contribution in [2.45, 2.75) is 64.5 Å². The van der Waals surface area contributed by atoms with E-state index >= 15 is 0 Å². The molecule has 0 saturated heterocycles. The number of rotatable bonds is 10. The number of hydrogen-bond donors (Lipinski definition) is 4. The van der Waals surface area contributed by atoms with Crippen LogP contribution >= 0.6 is 0 Å². The minimum Gasteiger partial charge on any atom is -0.481 e. The molecule has 0 saturated carbocycles. The van der Waals surface area contributed by atoms with Crippen LogP contribution in [0.15, 0.2) is 24.3 Å². The van der Waals surface area contributed by atoms with Crippen LogP contribution in [-0.4, -0.2) is 40.6 Å². The van der Waals surface area contributed by atoms with Crippen LogP contribution in [-0.2, 0) is 25.5 Å². The van der Waals surface area contributed by atoms with E-state index in [1.54, 1.807) is 39.0 Å². The van der Waals surface area contributed by atoms with Gasteiger partial charge in [0, 0.05) is 18.5 Å². The van der Waals surface area contributed by atoms with Gasteiger partial charge in [-0.05, 0) is 57.7 Å². The number of anilines is 1. The predicted octanol–water partition coefficient (Wildman–Crippen LogP) is 2.19. The van der Waals surface area contributed by atoms with Crippen molar-refractivity contribution < 1.29 is 29.0 Å². The van der Waals surface area contributed by atoms with Crippen molar-refractivity contribution in [3.63, 3.8) is 0 Å². The van der Waals surface area contributed by atoms with E-state index in [4.69, 9.17) is 15.6 Å². The van der Waals surface area contributed by atoms with Crippen LogP contribution in [0.3, 0.4) is 0 Å². The molecule has 0 fully saturated rings. The highest BCUT2D eigenvalue weighted by Gasteiger charge is 2.25. The highest BCUT2D eigenvalue weighted by Crippen LogP contribution is 2.14. The van der Waals surface area contributed by atoms with Gasteiger partial charge >= 0.3 is 12.1 Å². The second kappa shape index (κ2) is 11.0. The zero-order valence-electron chi connectivity index (χ0n) is 17.0. The quantitative estimate of drug-likeness (QED) is 0.467. The first-order valence-corrected chi connectivity index (χ1v) is 9.35. The highest BCUT2D eigenvalue weighted by molar-refractivity contribution is 5.96. The van der Waals surface area contributed by atoms with Crippen molar-refractivity contribution in [1.82, 2.24) is 5.32 Å². The Morgan fingerprint density at radius 3 is 2.45 bits per heavy atom. The molecule has 0 aromatic heterocycles. The topological polar surface area (TPSA) is 148 Å². The lowest BCUT2D eigenvalue weighted by atomic mass is 10.1. The number of nitrogens with one attached hydrogen (secondary N) is 2. The molecule has 0 heterocycles. The number of primary amides is 1. The van der Waals surface area contributed by atoms with Crippen LogP contribution in [0.25, 0.3) is 0 Å². The van der Waals surface area contributed by atoms with Crippen molar-refractivity contribution in [2.75, 3.05) is 5.32 Å². The molecule has 0 aliphatic rings. The van der Waals surface area contributed by atoms with Gasteiger partial charge in [-0.3, -0.25) is 14.4 Å². The lowest BCUT2D eigenvalue weighted by Crippen LogP contribution is -2.46. The average molecular weight is 407 g/mol. The van der Waals surface area contributed by atoms with Gasteiger partial charge in [0.25, 0.3) is 0 Å². The molecule has 3 amide bonds. The monoisotopic (exact) mass is 407 g/mol. The molecule has 5 N–H and O–H groups in total. The Morgan fingerprint density at radius 1 is 1.17 bits per heavy atom. The molecule has 160 valence electrons. The molecular formula is C20H29N3O6. The molecule has 0 aliphatic heterocycles. The summed E-state index contributed by atoms with van der Waals surface area (Å²) in [5.41, 5.74) is 5.79. The van der Waals surface area contributed by atoms with Crippen LogP contribution in [0.1, 0.15) is 52.0 Å². The van der Waals surface area contributed by atoms with E-state index in [9.17, 15) is 19.2 Å². The Bertz CT molecular complexity index is 742. The maximum absolute atomic E-state index is 12.6. The Hall–Kier alpha value is -3.10. The number of benzene rings is 1. The third-order valence-electron chi connectivity index (χ3n) is 3.74. The predicted molar refractivity (Wildman–Crippen MR) is 107 cm³/mol. The molecule has 1 atom stereocenters. The lowest BCUT2D eigenvalue weighted by molar-refractivity contribution is -0.137. The number of carboxylic acid groups (broad SMARTS) is 1. The molecule has 1 aromatic carbocycles. The number of carboxylic acids is 1. The minimum atomic E-state index is -1.01. The molecule has 0 spiro atoms. The van der Waals surface area contributed by atoms with Crippen molar-refractivity contribution in [1.29, 1.82) is 0 Å². The van der Waals surface area contributed by atoms with Crippen LogP contribution in [0.5, 0.6) is 0 Å². The number of amides is 3. The number of carbonyl (C=O) groups is 4. The van der Waals surface area contributed by atoms with E-state index < -0.39 is 35.5 Å². The number of aliphatic carboxylic acids is 1. The average Bonchev–Trinajstić information content (AvgIpc) is 2.56. The molecule has 9 nitrogen and oxygen atoms in total. The summed E-state index contributed by atoms with van der Waals surface area (Å²) in [6, 6.07) is 5.98. The lowest BCUT2D eigenvalue weighted by Gasteiger charge is -2.23. The summed E-state index contributed by atoms with van der Waals surface area (Å²) in [6.07, 6.45) is 0.267. The third kappa shape index (κ3) is 10.7. The van der Waals surface area contributed by atoms with E-state index in [0.717, 1.165) is 5.56 Å². The number of carbonyl (C=O) groups excluding carboxylic acids is 3. The van der Waals surface area contributed by atoms with Gasteiger partial charge in [0.15, 0.2) is 0 Å². The third-order valence-corrected chi connectivity index (χ3v) is 3.74. The molecule has 0 unspecified atom stereocenters. The standard InChI is InChI=1S/C20H29N3O6/c1-20(2,3)29-19(28)23-15(10-11-16(21)24)18(27)22-14-8-4-6-13(12-14)7-5-9-17(25)26/h4,6,8,12,15H,5,7,9-11H2,1-3H3,(H2,21,24)(H,22,27)(H,23,28)(H,25,26)/t15-/m0/s1. The zero-order chi connectivity index (χ0) is 22.0. The largest absolute Gasteiger partial charge is 0.481 e. The van der Waals surface area contributed by atoms with Crippen LogP contribution in [0.2, 0.25) is 0 Å². The van der Waals surface area contributed by atoms with Gasteiger partial charge in [0.2, 0.25) is 11.8 Å². The fraction of sp³-hybridized carbons (Fsp3) is 0.500. The molecular weight excluding hydrogens is 378 g/mol. The maximum Gasteiger partial charge on any atom is 0.408 e. The van der Waals surface area contributed by atoms with Crippen molar-refractivity contribution in [3.05, 3.63) is 29.8 Å². The fourth-order valence-electron chi connectivity index (χ4n) is 2.48. The minimum absolute atomic E-state index is 0.0265. The normalized spacial score (nSPS) is 12.0. The summed E-state index contributed by atoms with van der Waals surface area (Å²) < 4.78 is 5.16. The van der Waals surface area contributed by atoms with Crippen molar-refractivity contribution >= 4 is 29.6 Å². The van der Waals surface area contributed by atoms with Crippen LogP contribution in [0, 0.1) is 0 Å². The highest BCUT2D eigenvalue weighted by atomic mass is 16.6. The molecule has 29 heavy (non-hydrogen) atoms. The molecule has 0 radical (unpaired) electrons. The first-order chi connectivity index (χ1) is 13.5. The molecule has 0 bridgehead atoms. The second-order valence-corrected chi connectivity index (χ2v) is 7.64. The summed E-state index contributed by atoms with van der Waals surface area (Å²) in [5.74, 6) is -1.96. The Labute approximate surface area is 170 Å². The van der Waals surface area contributed by atoms with Crippen LogP contribution < -0.4 is 16.4 Å². The number of ether oxygens (including phenoxy) is 1. The van der Waals surface area contributed by atoms with Gasteiger partial charge in [-0.2, -0.15) is 0 Å². The van der Waals surface area contributed by atoms with Crippen molar-refractivity contribution in [2.24, 2.45) is 5.73 Å². The SMILES string of the molecule is CC(C)(C)OC(=O)N[C@@H](CCC(N)=O)C(=O)Nc1cccc(CCCC(=O)O)c1.